The molecule has 7 nitrogen and oxygen atoms in total. The van der Waals surface area contributed by atoms with Gasteiger partial charge < -0.3 is 9.94 Å². The van der Waals surface area contributed by atoms with Crippen LogP contribution in [-0.2, 0) is 4.79 Å². The molecule has 0 saturated carbocycles. The Bertz CT molecular complexity index is 744. The van der Waals surface area contributed by atoms with Gasteiger partial charge >= 0.3 is 0 Å². The minimum atomic E-state index is -0.787. The second-order valence-corrected chi connectivity index (χ2v) is 5.35. The molecule has 2 amide bonds. The predicted molar refractivity (Wildman–Crippen MR) is 87.0 cm³/mol. The molecule has 0 saturated heterocycles. The van der Waals surface area contributed by atoms with Crippen molar-refractivity contribution in [1.82, 2.24) is 10.9 Å². The van der Waals surface area contributed by atoms with Crippen molar-refractivity contribution in [2.45, 2.75) is 26.9 Å². The Hall–Kier alpha value is -3.09. The van der Waals surface area contributed by atoms with E-state index in [4.69, 9.17) is 4.74 Å². The maximum absolute atomic E-state index is 12.0. The first-order chi connectivity index (χ1) is 11.4. The molecule has 0 fully saturated rings. The molecule has 1 unspecified atom stereocenters. The van der Waals surface area contributed by atoms with Gasteiger partial charge in [0.05, 0.1) is 5.56 Å². The molecule has 126 valence electrons. The van der Waals surface area contributed by atoms with Crippen molar-refractivity contribution >= 4 is 11.8 Å². The number of nitrogens with zero attached hydrogens (tertiary/aromatic N) is 1. The summed E-state index contributed by atoms with van der Waals surface area (Å²) in [7, 11) is 0. The fraction of sp³-hybridized carbons (Fsp3) is 0.235. The first-order valence-electron chi connectivity index (χ1n) is 7.40. The average molecular weight is 329 g/mol. The summed E-state index contributed by atoms with van der Waals surface area (Å²) in [5, 5.41) is 10.9. The maximum Gasteiger partial charge on any atom is 0.279 e. The molecule has 7 heteroatoms. The lowest BCUT2D eigenvalue weighted by Gasteiger charge is -2.17. The van der Waals surface area contributed by atoms with Gasteiger partial charge in [-0.25, -0.2) is 0 Å². The average Bonchev–Trinajstić information content (AvgIpc) is 2.57. The van der Waals surface area contributed by atoms with E-state index in [2.05, 4.69) is 10.9 Å². The van der Waals surface area contributed by atoms with Crippen LogP contribution in [0.4, 0.5) is 0 Å². The first kappa shape index (κ1) is 17.3. The van der Waals surface area contributed by atoms with E-state index in [-0.39, 0.29) is 5.56 Å². The summed E-state index contributed by atoms with van der Waals surface area (Å²) in [6.07, 6.45) is 1.61. The minimum Gasteiger partial charge on any atom is -0.619 e. The van der Waals surface area contributed by atoms with Gasteiger partial charge in [0.1, 0.15) is 5.75 Å². The zero-order chi connectivity index (χ0) is 17.7. The summed E-state index contributed by atoms with van der Waals surface area (Å²) in [6, 6.07) is 8.29. The van der Waals surface area contributed by atoms with E-state index in [1.165, 1.54) is 24.5 Å². The fourth-order valence-corrected chi connectivity index (χ4v) is 1.95. The number of benzene rings is 1. The van der Waals surface area contributed by atoms with Gasteiger partial charge in [-0.3, -0.25) is 20.4 Å². The largest absolute Gasteiger partial charge is 0.619 e. The highest BCUT2D eigenvalue weighted by Crippen LogP contribution is 2.21. The first-order valence-corrected chi connectivity index (χ1v) is 7.40. The third kappa shape index (κ3) is 4.22. The second kappa shape index (κ2) is 7.45. The van der Waals surface area contributed by atoms with Gasteiger partial charge in [-0.1, -0.05) is 12.1 Å². The molecule has 0 spiro atoms. The molecule has 1 aromatic carbocycles. The van der Waals surface area contributed by atoms with E-state index in [9.17, 15) is 14.8 Å². The normalized spacial score (nSPS) is 11.5. The van der Waals surface area contributed by atoms with Crippen molar-refractivity contribution in [3.8, 4) is 5.75 Å². The summed E-state index contributed by atoms with van der Waals surface area (Å²) in [6.45, 7) is 5.46. The number of rotatable bonds is 4. The molecule has 0 radical (unpaired) electrons. The highest BCUT2D eigenvalue weighted by Gasteiger charge is 2.17. The third-order valence-corrected chi connectivity index (χ3v) is 3.59. The van der Waals surface area contributed by atoms with Gasteiger partial charge in [-0.15, -0.1) is 0 Å². The van der Waals surface area contributed by atoms with Crippen LogP contribution in [0.15, 0.2) is 42.7 Å². The maximum atomic E-state index is 12.0. The lowest BCUT2D eigenvalue weighted by Crippen LogP contribution is -2.47. The lowest BCUT2D eigenvalue weighted by molar-refractivity contribution is -0.605. The van der Waals surface area contributed by atoms with E-state index >= 15 is 0 Å². The van der Waals surface area contributed by atoms with Crippen LogP contribution in [0.25, 0.3) is 0 Å². The summed E-state index contributed by atoms with van der Waals surface area (Å²) in [4.78, 5) is 23.9. The van der Waals surface area contributed by atoms with Crippen molar-refractivity contribution < 1.29 is 19.1 Å². The number of pyridine rings is 1. The summed E-state index contributed by atoms with van der Waals surface area (Å²) in [5.74, 6) is -0.394. The molecule has 0 aliphatic rings. The zero-order valence-electron chi connectivity index (χ0n) is 13.7. The number of aromatic nitrogens is 1. The summed E-state index contributed by atoms with van der Waals surface area (Å²) >= 11 is 0. The lowest BCUT2D eigenvalue weighted by atomic mass is 10.1. The van der Waals surface area contributed by atoms with E-state index in [1.807, 2.05) is 26.0 Å². The number of nitrogens with one attached hydrogen (secondary N) is 2. The molecule has 2 rings (SSSR count). The second-order valence-electron chi connectivity index (χ2n) is 5.35. The predicted octanol–water partition coefficient (Wildman–Crippen LogP) is 1.17. The van der Waals surface area contributed by atoms with Crippen LogP contribution in [0.3, 0.4) is 0 Å². The van der Waals surface area contributed by atoms with Crippen molar-refractivity contribution in [1.29, 1.82) is 0 Å². The molecule has 1 heterocycles. The highest BCUT2D eigenvalue weighted by molar-refractivity contribution is 5.95. The Morgan fingerprint density at radius 1 is 1.12 bits per heavy atom. The van der Waals surface area contributed by atoms with E-state index < -0.39 is 17.9 Å². The Labute approximate surface area is 139 Å². The van der Waals surface area contributed by atoms with Crippen molar-refractivity contribution in [2.75, 3.05) is 0 Å². The zero-order valence-corrected chi connectivity index (χ0v) is 13.7. The molecule has 2 N–H and O–H groups in total. The van der Waals surface area contributed by atoms with Crippen molar-refractivity contribution in [3.05, 3.63) is 64.6 Å². The molecule has 2 aromatic rings. The monoisotopic (exact) mass is 329 g/mol. The summed E-state index contributed by atoms with van der Waals surface area (Å²) in [5.41, 5.74) is 6.86. The van der Waals surface area contributed by atoms with Crippen LogP contribution < -0.4 is 20.3 Å². The molecule has 1 atom stereocenters. The number of hydrazine groups is 1. The molecular formula is C17H19N3O4. The number of carbonyl (C=O) groups is 2. The van der Waals surface area contributed by atoms with Crippen molar-refractivity contribution in [3.63, 3.8) is 0 Å². The number of hydrogen-bond acceptors (Lipinski definition) is 4. The van der Waals surface area contributed by atoms with Gasteiger partial charge in [-0.2, -0.15) is 4.73 Å². The van der Waals surface area contributed by atoms with Gasteiger partial charge in [0.25, 0.3) is 11.8 Å². The summed E-state index contributed by atoms with van der Waals surface area (Å²) < 4.78 is 6.20. The Morgan fingerprint density at radius 2 is 1.79 bits per heavy atom. The van der Waals surface area contributed by atoms with Crippen LogP contribution in [-0.4, -0.2) is 17.9 Å². The fourth-order valence-electron chi connectivity index (χ4n) is 1.95. The van der Waals surface area contributed by atoms with Crippen LogP contribution in [0.5, 0.6) is 5.75 Å². The van der Waals surface area contributed by atoms with E-state index in [1.54, 1.807) is 13.0 Å². The number of carbonyl (C=O) groups excluding carboxylic acids is 2. The van der Waals surface area contributed by atoms with E-state index in [0.717, 1.165) is 11.1 Å². The molecule has 1 aromatic heterocycles. The SMILES string of the molecule is Cc1cccc(OC(C)C(=O)NNC(=O)c2cc[n+]([O-])cc2)c1C. The number of hydrogen-bond donors (Lipinski definition) is 2. The highest BCUT2D eigenvalue weighted by atomic mass is 16.5. The molecule has 0 bridgehead atoms. The van der Waals surface area contributed by atoms with Crippen LogP contribution in [0, 0.1) is 19.1 Å². The van der Waals surface area contributed by atoms with Gasteiger partial charge in [0.2, 0.25) is 0 Å². The van der Waals surface area contributed by atoms with Crippen LogP contribution in [0.2, 0.25) is 0 Å². The van der Waals surface area contributed by atoms with Gasteiger partial charge in [0, 0.05) is 12.1 Å². The van der Waals surface area contributed by atoms with Crippen LogP contribution in [0.1, 0.15) is 28.4 Å². The van der Waals surface area contributed by atoms with E-state index in [0.29, 0.717) is 10.5 Å². The molecule has 0 aliphatic carbocycles. The Kier molecular flexibility index (Phi) is 5.36. The quantitative estimate of drug-likeness (QED) is 0.500. The van der Waals surface area contributed by atoms with Crippen molar-refractivity contribution in [2.24, 2.45) is 0 Å². The number of ether oxygens (including phenoxy) is 1. The van der Waals surface area contributed by atoms with Gasteiger partial charge in [-0.05, 0) is 38.0 Å². The standard InChI is InChI=1S/C17H19N3O4/c1-11-5-4-6-15(12(11)2)24-13(3)16(21)18-19-17(22)14-7-9-20(23)10-8-14/h4-10,13H,1-3H3,(H,18,21)(H,19,22). The molecule has 24 heavy (non-hydrogen) atoms. The topological polar surface area (TPSA) is 94.4 Å². The Morgan fingerprint density at radius 3 is 2.46 bits per heavy atom. The molecular weight excluding hydrogens is 310 g/mol. The molecule has 0 aliphatic heterocycles. The minimum absolute atomic E-state index is 0.255. The number of aryl methyl sites for hydroxylation is 1. The Balaban J connectivity index is 1.91. The van der Waals surface area contributed by atoms with Gasteiger partial charge in [0.15, 0.2) is 18.5 Å². The number of amides is 2. The smallest absolute Gasteiger partial charge is 0.279 e. The third-order valence-electron chi connectivity index (χ3n) is 3.59. The van der Waals surface area contributed by atoms with Crippen LogP contribution >= 0.6 is 0 Å².